The summed E-state index contributed by atoms with van der Waals surface area (Å²) in [7, 11) is 0. The lowest BCUT2D eigenvalue weighted by Gasteiger charge is -2.31. The van der Waals surface area contributed by atoms with Crippen LogP contribution >= 0.6 is 0 Å². The van der Waals surface area contributed by atoms with Crippen LogP contribution in [-0.2, 0) is 11.2 Å². The first-order valence-corrected chi connectivity index (χ1v) is 9.12. The molecule has 3 rings (SSSR count). The van der Waals surface area contributed by atoms with Crippen molar-refractivity contribution in [1.82, 2.24) is 9.88 Å². The number of carbonyl (C=O) groups excluding carboxylic acids is 1. The van der Waals surface area contributed by atoms with Gasteiger partial charge in [-0.15, -0.1) is 0 Å². The fraction of sp³-hybridized carbons (Fsp3) is 0.500. The number of ether oxygens (including phenoxy) is 1. The van der Waals surface area contributed by atoms with Crippen molar-refractivity contribution in [1.29, 1.82) is 0 Å². The summed E-state index contributed by atoms with van der Waals surface area (Å²) < 4.78 is 5.06. The second-order valence-electron chi connectivity index (χ2n) is 6.77. The zero-order chi connectivity index (χ0) is 17.8. The van der Waals surface area contributed by atoms with Gasteiger partial charge in [0.05, 0.1) is 6.61 Å². The van der Waals surface area contributed by atoms with Crippen LogP contribution in [0.2, 0.25) is 0 Å². The van der Waals surface area contributed by atoms with Gasteiger partial charge in [-0.2, -0.15) is 0 Å². The zero-order valence-electron chi connectivity index (χ0n) is 15.0. The predicted octanol–water partition coefficient (Wildman–Crippen LogP) is 3.64. The molecule has 1 aliphatic heterocycles. The van der Waals surface area contributed by atoms with Crippen LogP contribution in [0.4, 0.5) is 4.79 Å². The van der Waals surface area contributed by atoms with Gasteiger partial charge in [0.25, 0.3) is 0 Å². The molecule has 1 aromatic heterocycles. The minimum atomic E-state index is -0.198. The highest BCUT2D eigenvalue weighted by molar-refractivity contribution is 5.79. The average Bonchev–Trinajstić information content (AvgIpc) is 2.64. The van der Waals surface area contributed by atoms with Gasteiger partial charge in [0.2, 0.25) is 0 Å². The number of hydrogen-bond acceptors (Lipinski definition) is 3. The smallest absolute Gasteiger partial charge is 0.409 e. The largest absolute Gasteiger partial charge is 0.450 e. The number of nitrogens with zero attached hydrogens (tertiary/aromatic N) is 1. The van der Waals surface area contributed by atoms with Gasteiger partial charge in [-0.1, -0.05) is 12.1 Å². The molecule has 1 aliphatic rings. The number of hydrogen-bond donors (Lipinski definition) is 1. The average molecular weight is 342 g/mol. The Morgan fingerprint density at radius 2 is 2.00 bits per heavy atom. The van der Waals surface area contributed by atoms with Crippen molar-refractivity contribution in [3.8, 4) is 0 Å². The van der Waals surface area contributed by atoms with Gasteiger partial charge in [0, 0.05) is 35.2 Å². The van der Waals surface area contributed by atoms with E-state index in [-0.39, 0.29) is 11.5 Å². The van der Waals surface area contributed by atoms with Crippen LogP contribution in [-0.4, -0.2) is 35.7 Å². The predicted molar refractivity (Wildman–Crippen MR) is 98.9 cm³/mol. The molecule has 0 saturated carbocycles. The second-order valence-corrected chi connectivity index (χ2v) is 6.77. The third-order valence-corrected chi connectivity index (χ3v) is 5.19. The molecule has 0 atom stereocenters. The molecule has 1 amide bonds. The Bertz CT molecular complexity index is 804. The maximum atomic E-state index is 12.5. The number of aromatic nitrogens is 1. The molecular weight excluding hydrogens is 316 g/mol. The van der Waals surface area contributed by atoms with Gasteiger partial charge in [0.1, 0.15) is 0 Å². The number of pyridine rings is 1. The molecule has 5 nitrogen and oxygen atoms in total. The van der Waals surface area contributed by atoms with Crippen LogP contribution < -0.4 is 5.43 Å². The number of H-pyrrole nitrogens is 1. The Morgan fingerprint density at radius 1 is 1.28 bits per heavy atom. The number of aryl methyl sites for hydroxylation is 1. The summed E-state index contributed by atoms with van der Waals surface area (Å²) >= 11 is 0. The Kier molecular flexibility index (Phi) is 5.41. The van der Waals surface area contributed by atoms with E-state index in [2.05, 4.69) is 4.98 Å². The third kappa shape index (κ3) is 3.86. The van der Waals surface area contributed by atoms with Crippen molar-refractivity contribution in [3.05, 3.63) is 45.7 Å². The SMILES string of the molecule is CCOC(=O)N1CCC(CCc2[nH]c3ccccc3c(=O)c2C)CC1. The normalized spacial score (nSPS) is 15.5. The van der Waals surface area contributed by atoms with E-state index < -0.39 is 0 Å². The van der Waals surface area contributed by atoms with Crippen molar-refractivity contribution >= 4 is 17.0 Å². The Hall–Kier alpha value is -2.30. The third-order valence-electron chi connectivity index (χ3n) is 5.19. The lowest BCUT2D eigenvalue weighted by molar-refractivity contribution is 0.0909. The monoisotopic (exact) mass is 342 g/mol. The standard InChI is InChI=1S/C20H26N2O3/c1-3-25-20(24)22-12-10-15(11-13-22)8-9-17-14(2)19(23)16-6-4-5-7-18(16)21-17/h4-7,15H,3,8-13H2,1-2H3,(H,21,23). The van der Waals surface area contributed by atoms with Crippen LogP contribution in [0.3, 0.4) is 0 Å². The first-order chi connectivity index (χ1) is 12.1. The summed E-state index contributed by atoms with van der Waals surface area (Å²) in [5.74, 6) is 0.583. The summed E-state index contributed by atoms with van der Waals surface area (Å²) in [6.45, 7) is 5.68. The van der Waals surface area contributed by atoms with Gasteiger partial charge in [-0.25, -0.2) is 4.79 Å². The maximum absolute atomic E-state index is 12.5. The number of para-hydroxylation sites is 1. The molecule has 1 N–H and O–H groups in total. The Morgan fingerprint density at radius 3 is 2.72 bits per heavy atom. The first-order valence-electron chi connectivity index (χ1n) is 9.12. The molecule has 0 spiro atoms. The van der Waals surface area contributed by atoms with Crippen molar-refractivity contribution in [2.45, 2.75) is 39.5 Å². The molecular formula is C20H26N2O3. The number of piperidine rings is 1. The van der Waals surface area contributed by atoms with Crippen LogP contribution in [0.5, 0.6) is 0 Å². The van der Waals surface area contributed by atoms with Crippen LogP contribution in [0.25, 0.3) is 10.9 Å². The van der Waals surface area contributed by atoms with Crippen LogP contribution in [0, 0.1) is 12.8 Å². The minimum absolute atomic E-state index is 0.126. The van der Waals surface area contributed by atoms with E-state index in [1.54, 1.807) is 4.90 Å². The summed E-state index contributed by atoms with van der Waals surface area (Å²) in [5, 5.41) is 0.756. The molecule has 0 radical (unpaired) electrons. The highest BCUT2D eigenvalue weighted by Crippen LogP contribution is 2.23. The fourth-order valence-electron chi connectivity index (χ4n) is 3.60. The number of benzene rings is 1. The highest BCUT2D eigenvalue weighted by Gasteiger charge is 2.23. The number of carbonyl (C=O) groups is 1. The molecule has 2 heterocycles. The van der Waals surface area contributed by atoms with E-state index in [0.29, 0.717) is 12.5 Å². The maximum Gasteiger partial charge on any atom is 0.409 e. The number of likely N-dealkylation sites (tertiary alicyclic amines) is 1. The molecule has 25 heavy (non-hydrogen) atoms. The number of fused-ring (bicyclic) bond motifs is 1. The van der Waals surface area contributed by atoms with Crippen molar-refractivity contribution in [2.75, 3.05) is 19.7 Å². The van der Waals surface area contributed by atoms with Gasteiger partial charge >= 0.3 is 6.09 Å². The summed E-state index contributed by atoms with van der Waals surface area (Å²) in [4.78, 5) is 29.5. The molecule has 0 aliphatic carbocycles. The number of nitrogens with one attached hydrogen (secondary N) is 1. The van der Waals surface area contributed by atoms with Crippen LogP contribution in [0.1, 0.15) is 37.4 Å². The minimum Gasteiger partial charge on any atom is -0.450 e. The van der Waals surface area contributed by atoms with Crippen LogP contribution in [0.15, 0.2) is 29.1 Å². The Labute approximate surface area is 148 Å². The lowest BCUT2D eigenvalue weighted by Crippen LogP contribution is -2.38. The van der Waals surface area contributed by atoms with Crippen molar-refractivity contribution in [3.63, 3.8) is 0 Å². The topological polar surface area (TPSA) is 62.4 Å². The quantitative estimate of drug-likeness (QED) is 0.923. The number of aromatic amines is 1. The summed E-state index contributed by atoms with van der Waals surface area (Å²) in [6.07, 6.45) is 3.70. The van der Waals surface area contributed by atoms with E-state index in [0.717, 1.165) is 60.9 Å². The van der Waals surface area contributed by atoms with E-state index in [1.807, 2.05) is 38.1 Å². The van der Waals surface area contributed by atoms with E-state index >= 15 is 0 Å². The van der Waals surface area contributed by atoms with E-state index in [4.69, 9.17) is 4.74 Å². The van der Waals surface area contributed by atoms with Gasteiger partial charge < -0.3 is 14.6 Å². The fourth-order valence-corrected chi connectivity index (χ4v) is 3.60. The van der Waals surface area contributed by atoms with Gasteiger partial charge in [-0.3, -0.25) is 4.79 Å². The van der Waals surface area contributed by atoms with Crippen molar-refractivity contribution < 1.29 is 9.53 Å². The molecule has 1 aromatic carbocycles. The molecule has 1 saturated heterocycles. The molecule has 0 unspecified atom stereocenters. The molecule has 2 aromatic rings. The van der Waals surface area contributed by atoms with E-state index in [1.165, 1.54) is 0 Å². The number of amides is 1. The summed E-state index contributed by atoms with van der Waals surface area (Å²) in [5.41, 5.74) is 2.89. The van der Waals surface area contributed by atoms with Gasteiger partial charge in [-0.05, 0) is 57.6 Å². The molecule has 134 valence electrons. The van der Waals surface area contributed by atoms with Gasteiger partial charge in [0.15, 0.2) is 5.43 Å². The van der Waals surface area contributed by atoms with Crippen molar-refractivity contribution in [2.24, 2.45) is 5.92 Å². The Balaban J connectivity index is 1.61. The lowest BCUT2D eigenvalue weighted by atomic mass is 9.91. The summed E-state index contributed by atoms with van der Waals surface area (Å²) in [6, 6.07) is 7.67. The zero-order valence-corrected chi connectivity index (χ0v) is 15.0. The number of rotatable bonds is 4. The molecule has 5 heteroatoms. The molecule has 1 fully saturated rings. The second kappa shape index (κ2) is 7.72. The van der Waals surface area contributed by atoms with E-state index in [9.17, 15) is 9.59 Å². The first kappa shape index (κ1) is 17.5. The highest BCUT2D eigenvalue weighted by atomic mass is 16.6. The molecule has 0 bridgehead atoms.